The average Bonchev–Trinajstić information content (AvgIpc) is 2.90. The van der Waals surface area contributed by atoms with E-state index in [1.165, 1.54) is 4.90 Å². The zero-order valence-electron chi connectivity index (χ0n) is 10.3. The third-order valence-electron chi connectivity index (χ3n) is 3.31. The van der Waals surface area contributed by atoms with E-state index in [1.54, 1.807) is 0 Å². The first-order valence-electron chi connectivity index (χ1n) is 6.41. The Morgan fingerprint density at radius 2 is 2.29 bits per heavy atom. The molecule has 0 bridgehead atoms. The van der Waals surface area contributed by atoms with Crippen molar-refractivity contribution in [1.29, 1.82) is 0 Å². The molecule has 0 aromatic rings. The van der Waals surface area contributed by atoms with Gasteiger partial charge in [-0.25, -0.2) is 0 Å². The number of hydrogen-bond donors (Lipinski definition) is 1. The van der Waals surface area contributed by atoms with Gasteiger partial charge in [-0.15, -0.1) is 0 Å². The number of nitrogens with one attached hydrogen (secondary N) is 1. The van der Waals surface area contributed by atoms with Gasteiger partial charge in [0.25, 0.3) is 0 Å². The van der Waals surface area contributed by atoms with Crippen molar-refractivity contribution in [2.24, 2.45) is 0 Å². The lowest BCUT2D eigenvalue weighted by atomic mass is 10.2. The van der Waals surface area contributed by atoms with E-state index in [0.29, 0.717) is 19.5 Å². The minimum atomic E-state index is -0.335. The minimum absolute atomic E-state index is 0.0540. The summed E-state index contributed by atoms with van der Waals surface area (Å²) in [6.07, 6.45) is 3.45. The maximum atomic E-state index is 11.9. The number of hydrogen-bond acceptors (Lipinski definition) is 4. The number of imide groups is 1. The van der Waals surface area contributed by atoms with Crippen LogP contribution in [-0.4, -0.2) is 48.6 Å². The second-order valence-corrected chi connectivity index (χ2v) is 4.68. The average molecular weight is 240 g/mol. The second-order valence-electron chi connectivity index (χ2n) is 4.68. The Morgan fingerprint density at radius 1 is 1.47 bits per heavy atom. The summed E-state index contributed by atoms with van der Waals surface area (Å²) in [7, 11) is 0. The molecule has 5 heteroatoms. The molecule has 0 aromatic heterocycles. The van der Waals surface area contributed by atoms with Gasteiger partial charge in [0.1, 0.15) is 0 Å². The summed E-state index contributed by atoms with van der Waals surface area (Å²) in [6.45, 7) is 3.99. The number of likely N-dealkylation sites (tertiary alicyclic amines) is 1. The van der Waals surface area contributed by atoms with Crippen molar-refractivity contribution in [3.63, 3.8) is 0 Å². The van der Waals surface area contributed by atoms with Crippen molar-refractivity contribution in [3.8, 4) is 0 Å². The molecule has 2 aliphatic heterocycles. The van der Waals surface area contributed by atoms with Crippen molar-refractivity contribution >= 4 is 11.8 Å². The summed E-state index contributed by atoms with van der Waals surface area (Å²) in [4.78, 5) is 24.9. The van der Waals surface area contributed by atoms with E-state index in [0.717, 1.165) is 25.9 Å². The summed E-state index contributed by atoms with van der Waals surface area (Å²) in [5, 5.41) is 3.16. The Bertz CT molecular complexity index is 300. The van der Waals surface area contributed by atoms with Crippen LogP contribution in [0, 0.1) is 0 Å². The Morgan fingerprint density at radius 3 is 2.94 bits per heavy atom. The standard InChI is InChI=1S/C12H20N2O3/c1-2-5-14-11(15)7-10(12(14)16)13-8-9-4-3-6-17-9/h9-10,13H,2-8H2,1H3. The van der Waals surface area contributed by atoms with Crippen molar-refractivity contribution < 1.29 is 14.3 Å². The highest BCUT2D eigenvalue weighted by molar-refractivity contribution is 6.05. The molecule has 2 saturated heterocycles. The van der Waals surface area contributed by atoms with Crippen LogP contribution in [0.4, 0.5) is 0 Å². The molecule has 2 unspecified atom stereocenters. The fraction of sp³-hybridized carbons (Fsp3) is 0.833. The van der Waals surface area contributed by atoms with Crippen LogP contribution in [0.5, 0.6) is 0 Å². The van der Waals surface area contributed by atoms with Crippen LogP contribution in [-0.2, 0) is 14.3 Å². The fourth-order valence-electron chi connectivity index (χ4n) is 2.38. The van der Waals surface area contributed by atoms with E-state index in [-0.39, 0.29) is 24.0 Å². The third kappa shape index (κ3) is 2.84. The lowest BCUT2D eigenvalue weighted by Gasteiger charge is -2.16. The molecule has 2 heterocycles. The summed E-state index contributed by atoms with van der Waals surface area (Å²) < 4.78 is 5.48. The molecule has 17 heavy (non-hydrogen) atoms. The molecule has 2 fully saturated rings. The van der Waals surface area contributed by atoms with Crippen LogP contribution in [0.1, 0.15) is 32.6 Å². The van der Waals surface area contributed by atoms with Gasteiger partial charge in [0, 0.05) is 19.7 Å². The molecule has 0 aromatic carbocycles. The molecular formula is C12H20N2O3. The van der Waals surface area contributed by atoms with Crippen LogP contribution in [0.25, 0.3) is 0 Å². The van der Waals surface area contributed by atoms with E-state index < -0.39 is 0 Å². The number of carbonyl (C=O) groups excluding carboxylic acids is 2. The molecule has 2 atom stereocenters. The predicted octanol–water partition coefficient (Wildman–Crippen LogP) is 0.292. The molecule has 0 radical (unpaired) electrons. The van der Waals surface area contributed by atoms with Crippen LogP contribution in [0.3, 0.4) is 0 Å². The first-order valence-corrected chi connectivity index (χ1v) is 6.41. The van der Waals surface area contributed by atoms with Crippen molar-refractivity contribution in [2.45, 2.75) is 44.8 Å². The van der Waals surface area contributed by atoms with Crippen molar-refractivity contribution in [2.75, 3.05) is 19.7 Å². The van der Waals surface area contributed by atoms with Gasteiger partial charge in [0.05, 0.1) is 18.6 Å². The lowest BCUT2D eigenvalue weighted by Crippen LogP contribution is -2.41. The van der Waals surface area contributed by atoms with Crippen LogP contribution in [0.15, 0.2) is 0 Å². The quantitative estimate of drug-likeness (QED) is 0.702. The van der Waals surface area contributed by atoms with Gasteiger partial charge < -0.3 is 10.1 Å². The number of amides is 2. The maximum Gasteiger partial charge on any atom is 0.246 e. The van der Waals surface area contributed by atoms with E-state index in [9.17, 15) is 9.59 Å². The number of rotatable bonds is 5. The van der Waals surface area contributed by atoms with E-state index in [4.69, 9.17) is 4.74 Å². The van der Waals surface area contributed by atoms with Gasteiger partial charge in [-0.1, -0.05) is 6.92 Å². The van der Waals surface area contributed by atoms with E-state index in [1.807, 2.05) is 6.92 Å². The first-order chi connectivity index (χ1) is 8.22. The van der Waals surface area contributed by atoms with Gasteiger partial charge in [-0.2, -0.15) is 0 Å². The predicted molar refractivity (Wildman–Crippen MR) is 62.4 cm³/mol. The van der Waals surface area contributed by atoms with Gasteiger partial charge in [0.15, 0.2) is 0 Å². The molecular weight excluding hydrogens is 220 g/mol. The zero-order chi connectivity index (χ0) is 12.3. The molecule has 2 rings (SSSR count). The highest BCUT2D eigenvalue weighted by atomic mass is 16.5. The summed E-state index contributed by atoms with van der Waals surface area (Å²) in [5.41, 5.74) is 0. The first kappa shape index (κ1) is 12.5. The second kappa shape index (κ2) is 5.60. The molecule has 0 spiro atoms. The number of nitrogens with zero attached hydrogens (tertiary/aromatic N) is 1. The normalized spacial score (nSPS) is 29.4. The molecule has 0 aliphatic carbocycles. The van der Waals surface area contributed by atoms with Gasteiger partial charge in [-0.05, 0) is 19.3 Å². The maximum absolute atomic E-state index is 11.9. The van der Waals surface area contributed by atoms with Gasteiger partial charge >= 0.3 is 0 Å². The summed E-state index contributed by atoms with van der Waals surface area (Å²) in [5.74, 6) is -0.128. The lowest BCUT2D eigenvalue weighted by molar-refractivity contribution is -0.138. The molecule has 1 N–H and O–H groups in total. The van der Waals surface area contributed by atoms with Crippen LogP contribution < -0.4 is 5.32 Å². The van der Waals surface area contributed by atoms with E-state index >= 15 is 0 Å². The summed E-state index contributed by atoms with van der Waals surface area (Å²) >= 11 is 0. The minimum Gasteiger partial charge on any atom is -0.377 e. The molecule has 2 aliphatic rings. The topological polar surface area (TPSA) is 58.6 Å². The number of carbonyl (C=O) groups is 2. The zero-order valence-corrected chi connectivity index (χ0v) is 10.3. The van der Waals surface area contributed by atoms with Gasteiger partial charge in [0.2, 0.25) is 11.8 Å². The third-order valence-corrected chi connectivity index (χ3v) is 3.31. The van der Waals surface area contributed by atoms with Crippen molar-refractivity contribution in [3.05, 3.63) is 0 Å². The monoisotopic (exact) mass is 240 g/mol. The van der Waals surface area contributed by atoms with Crippen LogP contribution >= 0.6 is 0 Å². The number of ether oxygens (including phenoxy) is 1. The molecule has 5 nitrogen and oxygen atoms in total. The molecule has 0 saturated carbocycles. The fourth-order valence-corrected chi connectivity index (χ4v) is 2.38. The highest BCUT2D eigenvalue weighted by Gasteiger charge is 2.37. The van der Waals surface area contributed by atoms with Gasteiger partial charge in [-0.3, -0.25) is 14.5 Å². The Hall–Kier alpha value is -0.940. The van der Waals surface area contributed by atoms with Crippen LogP contribution in [0.2, 0.25) is 0 Å². The Kier molecular flexibility index (Phi) is 4.12. The molecule has 2 amide bonds. The van der Waals surface area contributed by atoms with Crippen molar-refractivity contribution in [1.82, 2.24) is 10.2 Å². The molecule has 96 valence electrons. The Labute approximate surface area is 101 Å². The smallest absolute Gasteiger partial charge is 0.246 e. The summed E-state index contributed by atoms with van der Waals surface area (Å²) in [6, 6.07) is -0.335. The largest absolute Gasteiger partial charge is 0.377 e. The Balaban J connectivity index is 1.81. The van der Waals surface area contributed by atoms with E-state index in [2.05, 4.69) is 5.32 Å². The SMILES string of the molecule is CCCN1C(=O)CC(NCC2CCCO2)C1=O. The highest BCUT2D eigenvalue weighted by Crippen LogP contribution is 2.15.